The van der Waals surface area contributed by atoms with E-state index < -0.39 is 0 Å². The summed E-state index contributed by atoms with van der Waals surface area (Å²) in [5.41, 5.74) is 3.60. The van der Waals surface area contributed by atoms with Crippen molar-refractivity contribution >= 4 is 11.6 Å². The third-order valence-corrected chi connectivity index (χ3v) is 4.05. The normalized spacial score (nSPS) is 18.4. The number of benzene rings is 1. The third-order valence-electron chi connectivity index (χ3n) is 4.05. The number of anilines is 2. The van der Waals surface area contributed by atoms with E-state index in [9.17, 15) is 0 Å². The van der Waals surface area contributed by atoms with E-state index in [1.54, 1.807) is 0 Å². The molecule has 110 valence electrons. The molecule has 3 rings (SSSR count). The minimum atomic E-state index is 0.646. The Morgan fingerprint density at radius 1 is 1.19 bits per heavy atom. The van der Waals surface area contributed by atoms with Crippen LogP contribution in [0.5, 0.6) is 0 Å². The molecule has 1 aliphatic rings. The second kappa shape index (κ2) is 6.68. The molecule has 0 aliphatic carbocycles. The van der Waals surface area contributed by atoms with Crippen LogP contribution in [0.3, 0.4) is 0 Å². The summed E-state index contributed by atoms with van der Waals surface area (Å²) >= 11 is 0. The van der Waals surface area contributed by atoms with Crippen molar-refractivity contribution in [2.75, 3.05) is 18.4 Å². The van der Waals surface area contributed by atoms with Gasteiger partial charge in [-0.05, 0) is 55.0 Å². The van der Waals surface area contributed by atoms with Gasteiger partial charge in [-0.15, -0.1) is 0 Å². The van der Waals surface area contributed by atoms with E-state index >= 15 is 0 Å². The average Bonchev–Trinajstić information content (AvgIpc) is 2.57. The maximum absolute atomic E-state index is 4.32. The topological polar surface area (TPSA) is 49.8 Å². The molecular formula is C17H22N4. The van der Waals surface area contributed by atoms with Crippen LogP contribution in [0.25, 0.3) is 0 Å². The van der Waals surface area contributed by atoms with Gasteiger partial charge in [0.15, 0.2) is 0 Å². The van der Waals surface area contributed by atoms with Crippen molar-refractivity contribution in [2.45, 2.75) is 32.1 Å². The van der Waals surface area contributed by atoms with Crippen molar-refractivity contribution in [3.8, 4) is 0 Å². The zero-order valence-electron chi connectivity index (χ0n) is 12.5. The van der Waals surface area contributed by atoms with E-state index in [4.69, 9.17) is 0 Å². The van der Waals surface area contributed by atoms with Crippen LogP contribution in [0.4, 0.5) is 11.6 Å². The van der Waals surface area contributed by atoms with Crippen LogP contribution >= 0.6 is 0 Å². The monoisotopic (exact) mass is 282 g/mol. The predicted octanol–water partition coefficient (Wildman–Crippen LogP) is 3.25. The fourth-order valence-electron chi connectivity index (χ4n) is 2.71. The molecule has 4 nitrogen and oxygen atoms in total. The first-order valence-corrected chi connectivity index (χ1v) is 7.74. The molecule has 0 unspecified atom stereocenters. The molecule has 1 saturated heterocycles. The number of aryl methyl sites for hydroxylation is 1. The Hall–Kier alpha value is -1.94. The van der Waals surface area contributed by atoms with E-state index in [-0.39, 0.29) is 0 Å². The molecule has 0 spiro atoms. The maximum Gasteiger partial charge on any atom is 0.227 e. The molecule has 21 heavy (non-hydrogen) atoms. The van der Waals surface area contributed by atoms with Gasteiger partial charge in [-0.25, -0.2) is 9.97 Å². The second-order valence-electron chi connectivity index (χ2n) is 5.56. The van der Waals surface area contributed by atoms with Crippen molar-refractivity contribution < 1.29 is 0 Å². The summed E-state index contributed by atoms with van der Waals surface area (Å²) in [6.45, 7) is 4.35. The van der Waals surface area contributed by atoms with Gasteiger partial charge in [0.25, 0.3) is 0 Å². The fourth-order valence-corrected chi connectivity index (χ4v) is 2.71. The number of piperidine rings is 1. The first-order chi connectivity index (χ1) is 10.3. The number of hydrogen-bond acceptors (Lipinski definition) is 4. The summed E-state index contributed by atoms with van der Waals surface area (Å²) in [5, 5.41) is 6.71. The Kier molecular flexibility index (Phi) is 4.46. The molecule has 1 aromatic carbocycles. The summed E-state index contributed by atoms with van der Waals surface area (Å²) in [7, 11) is 0. The first-order valence-electron chi connectivity index (χ1n) is 7.74. The van der Waals surface area contributed by atoms with Gasteiger partial charge in [0.2, 0.25) is 5.95 Å². The number of hydrogen-bond donors (Lipinski definition) is 2. The van der Waals surface area contributed by atoms with E-state index in [1.165, 1.54) is 18.4 Å². The van der Waals surface area contributed by atoms with Gasteiger partial charge < -0.3 is 10.6 Å². The highest BCUT2D eigenvalue weighted by Crippen LogP contribution is 2.24. The Morgan fingerprint density at radius 3 is 2.57 bits per heavy atom. The number of nitrogens with one attached hydrogen (secondary N) is 2. The zero-order chi connectivity index (χ0) is 14.5. The molecule has 1 aliphatic heterocycles. The zero-order valence-corrected chi connectivity index (χ0v) is 12.5. The Labute approximate surface area is 126 Å². The van der Waals surface area contributed by atoms with Crippen LogP contribution in [0, 0.1) is 0 Å². The minimum Gasteiger partial charge on any atom is -0.324 e. The van der Waals surface area contributed by atoms with Crippen molar-refractivity contribution in [3.63, 3.8) is 0 Å². The predicted molar refractivity (Wildman–Crippen MR) is 86.0 cm³/mol. The molecule has 4 heteroatoms. The molecule has 1 aromatic heterocycles. The highest BCUT2D eigenvalue weighted by Gasteiger charge is 2.14. The van der Waals surface area contributed by atoms with Gasteiger partial charge in [0.1, 0.15) is 0 Å². The maximum atomic E-state index is 4.32. The highest BCUT2D eigenvalue weighted by molar-refractivity contribution is 5.53. The molecule has 1 atom stereocenters. The van der Waals surface area contributed by atoms with Gasteiger partial charge in [-0.2, -0.15) is 0 Å². The molecule has 2 N–H and O–H groups in total. The van der Waals surface area contributed by atoms with Crippen molar-refractivity contribution in [2.24, 2.45) is 0 Å². The molecule has 0 radical (unpaired) electrons. The van der Waals surface area contributed by atoms with Crippen molar-refractivity contribution in [1.29, 1.82) is 0 Å². The summed E-state index contributed by atoms with van der Waals surface area (Å²) in [6, 6.07) is 8.64. The summed E-state index contributed by atoms with van der Waals surface area (Å²) < 4.78 is 0. The van der Waals surface area contributed by atoms with Crippen LogP contribution < -0.4 is 10.6 Å². The van der Waals surface area contributed by atoms with Crippen LogP contribution in [0.15, 0.2) is 36.7 Å². The lowest BCUT2D eigenvalue weighted by Gasteiger charge is -2.23. The van der Waals surface area contributed by atoms with Gasteiger partial charge in [0.05, 0.1) is 0 Å². The SMILES string of the molecule is CCc1cnc(Nc2ccc([C@@H]3CCCNC3)cc2)nc1. The molecule has 0 bridgehead atoms. The Balaban J connectivity index is 1.65. The van der Waals surface area contributed by atoms with Crippen LogP contribution in [0.2, 0.25) is 0 Å². The van der Waals surface area contributed by atoms with E-state index in [2.05, 4.69) is 51.8 Å². The smallest absolute Gasteiger partial charge is 0.227 e. The lowest BCUT2D eigenvalue weighted by Crippen LogP contribution is -2.28. The third kappa shape index (κ3) is 3.58. The van der Waals surface area contributed by atoms with E-state index in [1.807, 2.05) is 12.4 Å². The molecule has 1 fully saturated rings. The lowest BCUT2D eigenvalue weighted by atomic mass is 9.92. The van der Waals surface area contributed by atoms with Crippen LogP contribution in [-0.2, 0) is 6.42 Å². The summed E-state index contributed by atoms with van der Waals surface area (Å²) in [5.74, 6) is 1.30. The van der Waals surface area contributed by atoms with Crippen LogP contribution in [-0.4, -0.2) is 23.1 Å². The summed E-state index contributed by atoms with van der Waals surface area (Å²) in [4.78, 5) is 8.65. The number of rotatable bonds is 4. The highest BCUT2D eigenvalue weighted by atomic mass is 15.1. The quantitative estimate of drug-likeness (QED) is 0.904. The molecule has 2 aromatic rings. The number of nitrogens with zero attached hydrogens (tertiary/aromatic N) is 2. The lowest BCUT2D eigenvalue weighted by molar-refractivity contribution is 0.461. The fraction of sp³-hybridized carbons (Fsp3) is 0.412. The van der Waals surface area contributed by atoms with Gasteiger partial charge in [0, 0.05) is 24.6 Å². The number of aromatic nitrogens is 2. The van der Waals surface area contributed by atoms with E-state index in [0.29, 0.717) is 11.9 Å². The van der Waals surface area contributed by atoms with Gasteiger partial charge in [-0.3, -0.25) is 0 Å². The first kappa shape index (κ1) is 14.0. The van der Waals surface area contributed by atoms with Crippen molar-refractivity contribution in [1.82, 2.24) is 15.3 Å². The minimum absolute atomic E-state index is 0.646. The van der Waals surface area contributed by atoms with Gasteiger partial charge >= 0.3 is 0 Å². The molecular weight excluding hydrogens is 260 g/mol. The average molecular weight is 282 g/mol. The largest absolute Gasteiger partial charge is 0.324 e. The molecule has 0 amide bonds. The summed E-state index contributed by atoms with van der Waals surface area (Å²) in [6.07, 6.45) is 7.25. The molecule has 2 heterocycles. The van der Waals surface area contributed by atoms with Crippen LogP contribution in [0.1, 0.15) is 36.8 Å². The Morgan fingerprint density at radius 2 is 1.95 bits per heavy atom. The molecule has 0 saturated carbocycles. The van der Waals surface area contributed by atoms with Gasteiger partial charge in [-0.1, -0.05) is 19.1 Å². The van der Waals surface area contributed by atoms with Crippen molar-refractivity contribution in [3.05, 3.63) is 47.8 Å². The Bertz CT molecular complexity index is 556. The standard InChI is InChI=1S/C17H22N4/c1-2-13-10-19-17(20-11-13)21-16-7-5-14(6-8-16)15-4-3-9-18-12-15/h5-8,10-11,15,18H,2-4,9,12H2,1H3,(H,19,20,21)/t15-/m1/s1. The second-order valence-corrected chi connectivity index (χ2v) is 5.56. The van der Waals surface area contributed by atoms with E-state index in [0.717, 1.165) is 30.8 Å².